The summed E-state index contributed by atoms with van der Waals surface area (Å²) in [5.41, 5.74) is 1.43. The Labute approximate surface area is 204 Å². The van der Waals surface area contributed by atoms with Crippen molar-refractivity contribution in [2.75, 3.05) is 13.2 Å². The molecule has 1 aliphatic carbocycles. The third-order valence-corrected chi connectivity index (χ3v) is 6.44. The second-order valence-electron chi connectivity index (χ2n) is 9.39. The third kappa shape index (κ3) is 5.09. The fraction of sp³-hybridized carbons (Fsp3) is 0.407. The molecule has 7 nitrogen and oxygen atoms in total. The van der Waals surface area contributed by atoms with E-state index >= 15 is 0 Å². The number of aliphatic hydroxyl groups is 2. The highest BCUT2D eigenvalue weighted by Gasteiger charge is 2.50. The van der Waals surface area contributed by atoms with Crippen LogP contribution in [-0.2, 0) is 16.1 Å². The summed E-state index contributed by atoms with van der Waals surface area (Å²) in [6, 6.07) is 12.6. The number of nitrogens with zero attached hydrogens (tertiary/aromatic N) is 1. The van der Waals surface area contributed by atoms with Crippen LogP contribution in [0.1, 0.15) is 37.3 Å². The number of ether oxygens (including phenoxy) is 1. The first-order chi connectivity index (χ1) is 16.8. The predicted molar refractivity (Wildman–Crippen MR) is 128 cm³/mol. The molecule has 2 aromatic rings. The van der Waals surface area contributed by atoms with Crippen molar-refractivity contribution < 1.29 is 28.9 Å². The topological polar surface area (TPSA) is 99.1 Å². The van der Waals surface area contributed by atoms with E-state index in [0.29, 0.717) is 16.9 Å². The van der Waals surface area contributed by atoms with Crippen LogP contribution in [-0.4, -0.2) is 58.3 Å². The Morgan fingerprint density at radius 1 is 1.14 bits per heavy atom. The van der Waals surface area contributed by atoms with E-state index in [4.69, 9.17) is 4.74 Å². The van der Waals surface area contributed by atoms with Crippen LogP contribution in [0.3, 0.4) is 0 Å². The first-order valence-corrected chi connectivity index (χ1v) is 11.9. The molecule has 186 valence electrons. The van der Waals surface area contributed by atoms with Gasteiger partial charge in [-0.15, -0.1) is 0 Å². The van der Waals surface area contributed by atoms with Crippen LogP contribution in [0.2, 0.25) is 0 Å². The molecule has 0 saturated carbocycles. The number of rotatable bonds is 8. The Balaban J connectivity index is 1.77. The summed E-state index contributed by atoms with van der Waals surface area (Å²) in [6.07, 6.45) is -0.146. The highest BCUT2D eigenvalue weighted by molar-refractivity contribution is 5.96. The molecule has 0 radical (unpaired) electrons. The Morgan fingerprint density at radius 3 is 2.57 bits per heavy atom. The Kier molecular flexibility index (Phi) is 7.52. The summed E-state index contributed by atoms with van der Waals surface area (Å²) in [5, 5.41) is 23.3. The van der Waals surface area contributed by atoms with Gasteiger partial charge in [0.15, 0.2) is 0 Å². The van der Waals surface area contributed by atoms with Crippen LogP contribution in [0.4, 0.5) is 4.39 Å². The molecular weight excluding hydrogens is 451 g/mol. The van der Waals surface area contributed by atoms with Gasteiger partial charge in [-0.3, -0.25) is 9.59 Å². The average Bonchev–Trinajstić information content (AvgIpc) is 3.22. The zero-order valence-electron chi connectivity index (χ0n) is 19.9. The van der Waals surface area contributed by atoms with Crippen LogP contribution in [0.5, 0.6) is 5.75 Å². The van der Waals surface area contributed by atoms with E-state index in [2.05, 4.69) is 5.32 Å². The van der Waals surface area contributed by atoms with Crippen LogP contribution in [0, 0.1) is 11.7 Å². The van der Waals surface area contributed by atoms with Gasteiger partial charge in [-0.05, 0) is 24.1 Å². The van der Waals surface area contributed by atoms with Crippen LogP contribution >= 0.6 is 0 Å². The number of amides is 2. The van der Waals surface area contributed by atoms with Crippen LogP contribution in [0.15, 0.2) is 60.2 Å². The van der Waals surface area contributed by atoms with Gasteiger partial charge in [0.2, 0.25) is 11.8 Å². The summed E-state index contributed by atoms with van der Waals surface area (Å²) in [7, 11) is 0. The van der Waals surface area contributed by atoms with Crippen molar-refractivity contribution in [2.45, 2.75) is 51.0 Å². The number of carbonyl (C=O) groups excluding carboxylic acids is 2. The number of fused-ring (bicyclic) bond motifs is 3. The minimum absolute atomic E-state index is 0.0439. The lowest BCUT2D eigenvalue weighted by Crippen LogP contribution is -2.55. The van der Waals surface area contributed by atoms with E-state index in [-0.39, 0.29) is 37.9 Å². The number of aliphatic hydroxyl groups excluding tert-OH is 2. The molecule has 8 heteroatoms. The van der Waals surface area contributed by atoms with Crippen molar-refractivity contribution in [2.24, 2.45) is 5.92 Å². The smallest absolute Gasteiger partial charge is 0.247 e. The highest BCUT2D eigenvalue weighted by Crippen LogP contribution is 2.47. The molecule has 0 aromatic heterocycles. The van der Waals surface area contributed by atoms with Crippen molar-refractivity contribution in [3.05, 3.63) is 77.1 Å². The van der Waals surface area contributed by atoms with Gasteiger partial charge in [-0.1, -0.05) is 50.2 Å². The Morgan fingerprint density at radius 2 is 1.86 bits per heavy atom. The lowest BCUT2D eigenvalue weighted by atomic mass is 9.77. The van der Waals surface area contributed by atoms with Gasteiger partial charge in [0, 0.05) is 36.2 Å². The van der Waals surface area contributed by atoms with Crippen molar-refractivity contribution in [1.82, 2.24) is 10.2 Å². The van der Waals surface area contributed by atoms with Crippen molar-refractivity contribution >= 4 is 11.8 Å². The van der Waals surface area contributed by atoms with Crippen LogP contribution < -0.4 is 10.1 Å². The van der Waals surface area contributed by atoms with Crippen molar-refractivity contribution in [3.63, 3.8) is 0 Å². The fourth-order valence-electron chi connectivity index (χ4n) is 4.83. The molecule has 0 unspecified atom stereocenters. The molecule has 4 atom stereocenters. The average molecular weight is 483 g/mol. The number of hydrogen-bond acceptors (Lipinski definition) is 5. The molecule has 2 amide bonds. The molecule has 4 rings (SSSR count). The Bertz CT molecular complexity index is 1120. The third-order valence-electron chi connectivity index (χ3n) is 6.44. The van der Waals surface area contributed by atoms with Gasteiger partial charge < -0.3 is 25.2 Å². The van der Waals surface area contributed by atoms with E-state index in [9.17, 15) is 24.2 Å². The minimum Gasteiger partial charge on any atom is -0.486 e. The van der Waals surface area contributed by atoms with E-state index in [1.165, 1.54) is 11.0 Å². The normalized spacial score (nSPS) is 22.6. The minimum atomic E-state index is -1.15. The summed E-state index contributed by atoms with van der Waals surface area (Å²) in [4.78, 5) is 28.0. The molecule has 3 N–H and O–H groups in total. The predicted octanol–water partition coefficient (Wildman–Crippen LogP) is 2.52. The summed E-state index contributed by atoms with van der Waals surface area (Å²) < 4.78 is 20.6. The maximum Gasteiger partial charge on any atom is 0.247 e. The van der Waals surface area contributed by atoms with E-state index in [1.807, 2.05) is 32.0 Å². The maximum absolute atomic E-state index is 14.6. The maximum atomic E-state index is 14.6. The number of hydrogen-bond donors (Lipinski definition) is 3. The molecule has 0 bridgehead atoms. The summed E-state index contributed by atoms with van der Waals surface area (Å²) in [5.74, 6) is -1.04. The van der Waals surface area contributed by atoms with Gasteiger partial charge >= 0.3 is 0 Å². The number of carbonyl (C=O) groups is 2. The van der Waals surface area contributed by atoms with Crippen LogP contribution in [0.25, 0.3) is 0 Å². The monoisotopic (exact) mass is 482 g/mol. The lowest BCUT2D eigenvalue weighted by molar-refractivity contribution is -0.138. The van der Waals surface area contributed by atoms with E-state index < -0.39 is 35.9 Å². The zero-order chi connectivity index (χ0) is 25.1. The van der Waals surface area contributed by atoms with Crippen molar-refractivity contribution in [1.29, 1.82) is 0 Å². The quantitative estimate of drug-likeness (QED) is 0.537. The molecule has 0 saturated heterocycles. The first kappa shape index (κ1) is 24.9. The molecule has 1 aliphatic heterocycles. The second kappa shape index (κ2) is 10.6. The van der Waals surface area contributed by atoms with Gasteiger partial charge in [-0.25, -0.2) is 4.39 Å². The Hall–Kier alpha value is -3.23. The molecule has 1 heterocycles. The number of para-hydroxylation sites is 1. The summed E-state index contributed by atoms with van der Waals surface area (Å²) in [6.45, 7) is 3.60. The SMILES string of the molecule is CC(C)CC(=O)N(Cc1ccccc1F)[C@@H]1C=C(C(=O)NCCO)[C@@H]2c3ccccc3O[C@@H]2[C@H]1O. The molecule has 0 spiro atoms. The van der Waals surface area contributed by atoms with Gasteiger partial charge in [0.1, 0.15) is 23.8 Å². The van der Waals surface area contributed by atoms with Crippen molar-refractivity contribution in [3.8, 4) is 5.75 Å². The standard InChI is InChI=1S/C27H31FN2O5/c1-16(2)13-23(32)30(15-17-7-3-5-9-20(17)28)21-14-19(27(34)29-11-12-31)24-18-8-4-6-10-22(18)35-26(24)25(21)33/h3-10,14,16,21,24-26,31,33H,11-13,15H2,1-2H3,(H,29,34)/t21-,24+,25+,26+/m1/s1. The summed E-state index contributed by atoms with van der Waals surface area (Å²) >= 11 is 0. The van der Waals surface area contributed by atoms with Gasteiger partial charge in [0.25, 0.3) is 0 Å². The van der Waals surface area contributed by atoms with Gasteiger partial charge in [-0.2, -0.15) is 0 Å². The molecule has 2 aliphatic rings. The molecule has 0 fully saturated rings. The molecule has 2 aromatic carbocycles. The number of benzene rings is 2. The zero-order valence-corrected chi connectivity index (χ0v) is 19.9. The largest absolute Gasteiger partial charge is 0.486 e. The number of nitrogens with one attached hydrogen (secondary N) is 1. The first-order valence-electron chi connectivity index (χ1n) is 11.9. The van der Waals surface area contributed by atoms with E-state index in [1.54, 1.807) is 30.3 Å². The highest BCUT2D eigenvalue weighted by atomic mass is 19.1. The second-order valence-corrected chi connectivity index (χ2v) is 9.39. The number of halogens is 1. The molecular formula is C27H31FN2O5. The van der Waals surface area contributed by atoms with E-state index in [0.717, 1.165) is 5.56 Å². The van der Waals surface area contributed by atoms with Gasteiger partial charge in [0.05, 0.1) is 18.6 Å². The fourth-order valence-corrected chi connectivity index (χ4v) is 4.83. The molecule has 35 heavy (non-hydrogen) atoms. The lowest BCUT2D eigenvalue weighted by Gasteiger charge is -2.41.